The first-order valence-corrected chi connectivity index (χ1v) is 18.4. The Morgan fingerprint density at radius 1 is 0.444 bits per heavy atom. The van der Waals surface area contributed by atoms with Crippen LogP contribution in [0.25, 0.3) is 94.0 Å². The number of anilines is 1. The van der Waals surface area contributed by atoms with E-state index in [1.54, 1.807) is 0 Å². The molecule has 11 rings (SSSR count). The molecule has 1 aliphatic rings. The minimum absolute atomic E-state index is 0.121. The lowest BCUT2D eigenvalue weighted by Gasteiger charge is -2.24. The molecule has 0 saturated carbocycles. The molecule has 0 fully saturated rings. The molecule has 0 amide bonds. The maximum Gasteiger partial charge on any atom is 0.0972 e. The van der Waals surface area contributed by atoms with Crippen molar-refractivity contribution in [2.24, 2.45) is 0 Å². The van der Waals surface area contributed by atoms with E-state index in [0.717, 1.165) is 71.9 Å². The molecule has 7 aromatic carbocycles. The summed E-state index contributed by atoms with van der Waals surface area (Å²) in [6.45, 7) is 0. The highest BCUT2D eigenvalue weighted by Gasteiger charge is 2.17. The molecule has 0 spiro atoms. The van der Waals surface area contributed by atoms with E-state index in [2.05, 4.69) is 180 Å². The van der Waals surface area contributed by atoms with Gasteiger partial charge in [0, 0.05) is 39.2 Å². The second-order valence-electron chi connectivity index (χ2n) is 14.1. The maximum atomic E-state index is 5.17. The van der Waals surface area contributed by atoms with Crippen molar-refractivity contribution in [3.63, 3.8) is 0 Å². The molecule has 4 nitrogen and oxygen atoms in total. The Morgan fingerprint density at radius 2 is 1.09 bits per heavy atom. The number of hydrogen-bond donors (Lipinski definition) is 1. The summed E-state index contributed by atoms with van der Waals surface area (Å²) in [7, 11) is 0. The van der Waals surface area contributed by atoms with E-state index in [0.29, 0.717) is 0 Å². The first-order valence-electron chi connectivity index (χ1n) is 18.4. The third kappa shape index (κ3) is 5.19. The first-order chi connectivity index (χ1) is 26.7. The van der Waals surface area contributed by atoms with Crippen molar-refractivity contribution < 1.29 is 0 Å². The fourth-order valence-corrected chi connectivity index (χ4v) is 8.04. The number of nitrogens with one attached hydrogen (secondary N) is 1. The monoisotopic (exact) mass is 688 g/mol. The lowest BCUT2D eigenvalue weighted by atomic mass is 9.93. The van der Waals surface area contributed by atoms with E-state index in [4.69, 9.17) is 9.97 Å². The van der Waals surface area contributed by atoms with Crippen molar-refractivity contribution in [1.82, 2.24) is 15.0 Å². The van der Waals surface area contributed by atoms with Gasteiger partial charge in [-0.3, -0.25) is 4.98 Å². The molecule has 4 heteroatoms. The van der Waals surface area contributed by atoms with E-state index in [9.17, 15) is 0 Å². The predicted molar refractivity (Wildman–Crippen MR) is 226 cm³/mol. The van der Waals surface area contributed by atoms with Gasteiger partial charge in [-0.05, 0) is 92.3 Å². The Labute approximate surface area is 312 Å². The molecule has 1 atom stereocenters. The number of pyridine rings is 3. The molecule has 252 valence electrons. The summed E-state index contributed by atoms with van der Waals surface area (Å²) in [6, 6.07) is 58.5. The minimum Gasteiger partial charge on any atom is -0.374 e. The molecule has 10 aromatic rings. The van der Waals surface area contributed by atoms with Gasteiger partial charge in [-0.15, -0.1) is 0 Å². The fraction of sp³-hybridized carbons (Fsp3) is 0.0200. The smallest absolute Gasteiger partial charge is 0.0972 e. The van der Waals surface area contributed by atoms with Gasteiger partial charge in [0.05, 0.1) is 34.0 Å². The Balaban J connectivity index is 0.881. The van der Waals surface area contributed by atoms with Gasteiger partial charge >= 0.3 is 0 Å². The minimum atomic E-state index is 0.121. The summed E-state index contributed by atoms with van der Waals surface area (Å²) in [5.41, 5.74) is 12.8. The molecular weight excluding hydrogens is 657 g/mol. The standard InChI is InChI=1S/C50H32N4/c1-2-8-42-31(5-1)6-3-9-43(42)47-25-21-41-29-37(20-24-44(41)52-47)38-13-10-32-18-22-45(53-48(32)30-38)39-16-14-36-28-40(17-15-35(36)27-39)46-23-19-34-12-11-33-7-4-26-51-49(33)50(34)54-46/h1-30,47,52H. The van der Waals surface area contributed by atoms with Crippen LogP contribution in [0, 0.1) is 0 Å². The maximum absolute atomic E-state index is 5.17. The van der Waals surface area contributed by atoms with Gasteiger partial charge in [0.1, 0.15) is 0 Å². The normalized spacial score (nSPS) is 13.8. The van der Waals surface area contributed by atoms with Crippen LogP contribution in [0.2, 0.25) is 0 Å². The zero-order valence-electron chi connectivity index (χ0n) is 29.2. The molecule has 4 heterocycles. The van der Waals surface area contributed by atoms with Crippen molar-refractivity contribution in [2.45, 2.75) is 6.04 Å². The van der Waals surface area contributed by atoms with Crippen LogP contribution in [0.3, 0.4) is 0 Å². The second-order valence-corrected chi connectivity index (χ2v) is 14.1. The Bertz CT molecular complexity index is 3160. The van der Waals surface area contributed by atoms with Gasteiger partial charge in [-0.1, -0.05) is 127 Å². The molecule has 54 heavy (non-hydrogen) atoms. The van der Waals surface area contributed by atoms with Gasteiger partial charge in [0.25, 0.3) is 0 Å². The van der Waals surface area contributed by atoms with Crippen LogP contribution in [-0.2, 0) is 0 Å². The SMILES string of the molecule is C1=CC(c2cccc3ccccc23)Nc2ccc(-c3ccc4ccc(-c5ccc6cc(-c7ccc8ccc9cccnc9c8n7)ccc6c5)nc4c3)cc21. The van der Waals surface area contributed by atoms with Crippen LogP contribution >= 0.6 is 0 Å². The Kier molecular flexibility index (Phi) is 6.89. The molecule has 0 aliphatic carbocycles. The molecule has 0 bridgehead atoms. The summed E-state index contributed by atoms with van der Waals surface area (Å²) in [4.78, 5) is 14.9. The zero-order valence-corrected chi connectivity index (χ0v) is 29.2. The number of fused-ring (bicyclic) bond motifs is 7. The fourth-order valence-electron chi connectivity index (χ4n) is 8.04. The number of aromatic nitrogens is 3. The largest absolute Gasteiger partial charge is 0.374 e. The van der Waals surface area contributed by atoms with Crippen molar-refractivity contribution in [3.8, 4) is 33.6 Å². The van der Waals surface area contributed by atoms with Crippen LogP contribution in [0.1, 0.15) is 17.2 Å². The molecule has 1 aliphatic heterocycles. The summed E-state index contributed by atoms with van der Waals surface area (Å²) in [5.74, 6) is 0. The second kappa shape index (κ2) is 12.2. The average molecular weight is 689 g/mol. The van der Waals surface area contributed by atoms with Crippen molar-refractivity contribution >= 4 is 66.0 Å². The van der Waals surface area contributed by atoms with Crippen LogP contribution in [0.15, 0.2) is 176 Å². The molecule has 3 aromatic heterocycles. The lowest BCUT2D eigenvalue weighted by Crippen LogP contribution is -2.12. The lowest BCUT2D eigenvalue weighted by molar-refractivity contribution is 0.991. The highest BCUT2D eigenvalue weighted by molar-refractivity contribution is 6.03. The predicted octanol–water partition coefficient (Wildman–Crippen LogP) is 12.8. The third-order valence-corrected chi connectivity index (χ3v) is 10.9. The van der Waals surface area contributed by atoms with Crippen LogP contribution in [-0.4, -0.2) is 15.0 Å². The number of nitrogens with zero attached hydrogens (tertiary/aromatic N) is 3. The van der Waals surface area contributed by atoms with Gasteiger partial charge in [-0.25, -0.2) is 9.97 Å². The van der Waals surface area contributed by atoms with E-state index in [1.165, 1.54) is 32.8 Å². The van der Waals surface area contributed by atoms with Crippen LogP contribution < -0.4 is 5.32 Å². The molecule has 0 radical (unpaired) electrons. The van der Waals surface area contributed by atoms with Crippen molar-refractivity contribution in [3.05, 3.63) is 187 Å². The van der Waals surface area contributed by atoms with E-state index in [-0.39, 0.29) is 6.04 Å². The van der Waals surface area contributed by atoms with Crippen molar-refractivity contribution in [2.75, 3.05) is 5.32 Å². The van der Waals surface area contributed by atoms with Crippen LogP contribution in [0.4, 0.5) is 5.69 Å². The van der Waals surface area contributed by atoms with E-state index in [1.807, 2.05) is 12.3 Å². The zero-order chi connectivity index (χ0) is 35.6. The Morgan fingerprint density at radius 3 is 1.96 bits per heavy atom. The highest BCUT2D eigenvalue weighted by atomic mass is 14.9. The van der Waals surface area contributed by atoms with Gasteiger partial charge < -0.3 is 5.32 Å². The topological polar surface area (TPSA) is 50.7 Å². The molecular formula is C50H32N4. The van der Waals surface area contributed by atoms with E-state index < -0.39 is 0 Å². The van der Waals surface area contributed by atoms with Gasteiger partial charge in [0.2, 0.25) is 0 Å². The average Bonchev–Trinajstić information content (AvgIpc) is 3.24. The van der Waals surface area contributed by atoms with Gasteiger partial charge in [-0.2, -0.15) is 0 Å². The molecule has 0 saturated heterocycles. The number of hydrogen-bond acceptors (Lipinski definition) is 4. The summed E-state index contributed by atoms with van der Waals surface area (Å²) < 4.78 is 0. The van der Waals surface area contributed by atoms with E-state index >= 15 is 0 Å². The number of rotatable bonds is 4. The molecule has 1 N–H and O–H groups in total. The number of benzene rings is 7. The Hall–Kier alpha value is -7.17. The first kappa shape index (κ1) is 30.5. The summed E-state index contributed by atoms with van der Waals surface area (Å²) >= 11 is 0. The summed E-state index contributed by atoms with van der Waals surface area (Å²) in [6.07, 6.45) is 6.35. The summed E-state index contributed by atoms with van der Waals surface area (Å²) in [5, 5.41) is 12.0. The van der Waals surface area contributed by atoms with Gasteiger partial charge in [0.15, 0.2) is 0 Å². The quantitative estimate of drug-likeness (QED) is 0.187. The molecule has 1 unspecified atom stereocenters. The highest BCUT2D eigenvalue weighted by Crippen LogP contribution is 2.37. The van der Waals surface area contributed by atoms with Crippen molar-refractivity contribution in [1.29, 1.82) is 0 Å². The third-order valence-electron chi connectivity index (χ3n) is 10.9. The van der Waals surface area contributed by atoms with Crippen LogP contribution in [0.5, 0.6) is 0 Å².